The second-order valence-corrected chi connectivity index (χ2v) is 7.05. The van der Waals surface area contributed by atoms with Crippen molar-refractivity contribution in [2.45, 2.75) is 32.1 Å². The first-order valence-corrected chi connectivity index (χ1v) is 7.04. The molecule has 0 bridgehead atoms. The zero-order chi connectivity index (χ0) is 13.1. The third-order valence-corrected chi connectivity index (χ3v) is 3.79. The Labute approximate surface area is 103 Å². The van der Waals surface area contributed by atoms with Crippen LogP contribution in [-0.2, 0) is 10.0 Å². The van der Waals surface area contributed by atoms with Crippen molar-refractivity contribution in [3.05, 3.63) is 24.3 Å². The molecule has 0 aromatic heterocycles. The highest BCUT2D eigenvalue weighted by Gasteiger charge is 2.16. The number of hydrogen-bond donors (Lipinski definition) is 2. The second-order valence-electron chi connectivity index (χ2n) is 5.28. The molecular formula is C12H20N2O2S. The quantitative estimate of drug-likeness (QED) is 0.809. The Morgan fingerprint density at radius 3 is 2.47 bits per heavy atom. The predicted molar refractivity (Wildman–Crippen MR) is 70.1 cm³/mol. The van der Waals surface area contributed by atoms with Crippen molar-refractivity contribution in [3.8, 4) is 0 Å². The lowest BCUT2D eigenvalue weighted by atomic mass is 9.93. The van der Waals surface area contributed by atoms with E-state index in [1.165, 1.54) is 12.1 Å². The van der Waals surface area contributed by atoms with Crippen LogP contribution in [0.25, 0.3) is 0 Å². The van der Waals surface area contributed by atoms with Gasteiger partial charge < -0.3 is 5.73 Å². The normalized spacial score (nSPS) is 12.6. The molecule has 0 heterocycles. The molecule has 3 N–H and O–H groups in total. The minimum Gasteiger partial charge on any atom is -0.399 e. The number of sulfonamides is 1. The van der Waals surface area contributed by atoms with Crippen LogP contribution in [-0.4, -0.2) is 15.0 Å². The molecule has 0 spiro atoms. The van der Waals surface area contributed by atoms with E-state index in [1.54, 1.807) is 12.1 Å². The molecule has 0 radical (unpaired) electrons. The zero-order valence-electron chi connectivity index (χ0n) is 10.5. The maximum absolute atomic E-state index is 11.9. The van der Waals surface area contributed by atoms with E-state index in [0.29, 0.717) is 12.2 Å². The summed E-state index contributed by atoms with van der Waals surface area (Å²) >= 11 is 0. The first kappa shape index (κ1) is 14.0. The van der Waals surface area contributed by atoms with Gasteiger partial charge in [-0.1, -0.05) is 26.8 Å². The highest BCUT2D eigenvalue weighted by molar-refractivity contribution is 7.89. The van der Waals surface area contributed by atoms with Gasteiger partial charge in [0.1, 0.15) is 0 Å². The van der Waals surface area contributed by atoms with Crippen LogP contribution >= 0.6 is 0 Å². The molecule has 0 amide bonds. The number of rotatable bonds is 4. The van der Waals surface area contributed by atoms with Gasteiger partial charge in [0.25, 0.3) is 0 Å². The van der Waals surface area contributed by atoms with Crippen molar-refractivity contribution in [2.24, 2.45) is 5.41 Å². The van der Waals surface area contributed by atoms with E-state index in [4.69, 9.17) is 5.73 Å². The topological polar surface area (TPSA) is 72.2 Å². The van der Waals surface area contributed by atoms with Gasteiger partial charge in [0.05, 0.1) is 4.90 Å². The van der Waals surface area contributed by atoms with E-state index >= 15 is 0 Å². The minimum absolute atomic E-state index is 0.109. The third-order valence-electron chi connectivity index (χ3n) is 2.34. The lowest BCUT2D eigenvalue weighted by molar-refractivity contribution is 0.378. The van der Waals surface area contributed by atoms with Crippen LogP contribution < -0.4 is 10.5 Å². The van der Waals surface area contributed by atoms with Gasteiger partial charge in [0.15, 0.2) is 0 Å². The summed E-state index contributed by atoms with van der Waals surface area (Å²) in [5, 5.41) is 0. The van der Waals surface area contributed by atoms with E-state index in [9.17, 15) is 8.42 Å². The maximum atomic E-state index is 11.9. The zero-order valence-corrected chi connectivity index (χ0v) is 11.3. The Balaban J connectivity index is 2.70. The van der Waals surface area contributed by atoms with E-state index in [0.717, 1.165) is 6.42 Å². The van der Waals surface area contributed by atoms with Crippen molar-refractivity contribution in [3.63, 3.8) is 0 Å². The van der Waals surface area contributed by atoms with Gasteiger partial charge in [-0.25, -0.2) is 13.1 Å². The monoisotopic (exact) mass is 256 g/mol. The molecule has 1 aromatic rings. The minimum atomic E-state index is -3.44. The lowest BCUT2D eigenvalue weighted by Gasteiger charge is -2.18. The molecule has 0 saturated heterocycles. The summed E-state index contributed by atoms with van der Waals surface area (Å²) in [6.45, 7) is 6.64. The highest BCUT2D eigenvalue weighted by atomic mass is 32.2. The lowest BCUT2D eigenvalue weighted by Crippen LogP contribution is -2.27. The van der Waals surface area contributed by atoms with Crippen molar-refractivity contribution in [2.75, 3.05) is 12.3 Å². The van der Waals surface area contributed by atoms with Crippen LogP contribution in [0.15, 0.2) is 29.2 Å². The van der Waals surface area contributed by atoms with Crippen LogP contribution in [0, 0.1) is 5.41 Å². The second kappa shape index (κ2) is 5.06. The van der Waals surface area contributed by atoms with E-state index in [-0.39, 0.29) is 10.3 Å². The molecule has 0 fully saturated rings. The third kappa shape index (κ3) is 4.75. The van der Waals surface area contributed by atoms with Crippen LogP contribution in [0.4, 0.5) is 5.69 Å². The average Bonchev–Trinajstić information content (AvgIpc) is 2.15. The Hall–Kier alpha value is -1.07. The Morgan fingerprint density at radius 2 is 1.94 bits per heavy atom. The summed E-state index contributed by atoms with van der Waals surface area (Å²) < 4.78 is 26.4. The molecule has 96 valence electrons. The van der Waals surface area contributed by atoms with Gasteiger partial charge >= 0.3 is 0 Å². The molecular weight excluding hydrogens is 236 g/mol. The van der Waals surface area contributed by atoms with Gasteiger partial charge in [0, 0.05) is 12.2 Å². The standard InChI is InChI=1S/C12H20N2O2S/c1-12(2,3)7-8-14-17(15,16)11-6-4-5-10(13)9-11/h4-6,9,14H,7-8,13H2,1-3H3. The molecule has 5 heteroatoms. The fourth-order valence-corrected chi connectivity index (χ4v) is 2.41. The van der Waals surface area contributed by atoms with Gasteiger partial charge in [-0.15, -0.1) is 0 Å². The fourth-order valence-electron chi connectivity index (χ4n) is 1.33. The Bertz CT molecular complexity index is 476. The molecule has 0 aliphatic rings. The van der Waals surface area contributed by atoms with Gasteiger partial charge in [-0.3, -0.25) is 0 Å². The summed E-state index contributed by atoms with van der Waals surface area (Å²) in [5.74, 6) is 0. The maximum Gasteiger partial charge on any atom is 0.240 e. The average molecular weight is 256 g/mol. The molecule has 1 aromatic carbocycles. The molecule has 0 atom stereocenters. The summed E-state index contributed by atoms with van der Waals surface area (Å²) in [5.41, 5.74) is 6.12. The Kier molecular flexibility index (Phi) is 4.16. The van der Waals surface area contributed by atoms with Crippen LogP contribution in [0.5, 0.6) is 0 Å². The first-order chi connectivity index (χ1) is 7.71. The molecule has 0 aliphatic heterocycles. The number of nitrogens with one attached hydrogen (secondary N) is 1. The van der Waals surface area contributed by atoms with Crippen LogP contribution in [0.2, 0.25) is 0 Å². The fraction of sp³-hybridized carbons (Fsp3) is 0.500. The molecule has 0 saturated carbocycles. The van der Waals surface area contributed by atoms with Gasteiger partial charge in [-0.05, 0) is 30.0 Å². The van der Waals surface area contributed by atoms with Gasteiger partial charge in [-0.2, -0.15) is 0 Å². The van der Waals surface area contributed by atoms with Crippen LogP contribution in [0.3, 0.4) is 0 Å². The molecule has 1 rings (SSSR count). The number of hydrogen-bond acceptors (Lipinski definition) is 3. The summed E-state index contributed by atoms with van der Waals surface area (Å²) in [6.07, 6.45) is 0.786. The Morgan fingerprint density at radius 1 is 1.29 bits per heavy atom. The van der Waals surface area contributed by atoms with Crippen LogP contribution in [0.1, 0.15) is 27.2 Å². The molecule has 17 heavy (non-hydrogen) atoms. The van der Waals surface area contributed by atoms with Crippen molar-refractivity contribution in [1.29, 1.82) is 0 Å². The summed E-state index contributed by atoms with van der Waals surface area (Å²) in [7, 11) is -3.44. The number of nitrogens with two attached hydrogens (primary N) is 1. The number of benzene rings is 1. The van der Waals surface area contributed by atoms with Gasteiger partial charge in [0.2, 0.25) is 10.0 Å². The van der Waals surface area contributed by atoms with Crippen molar-refractivity contribution >= 4 is 15.7 Å². The largest absolute Gasteiger partial charge is 0.399 e. The molecule has 0 unspecified atom stereocenters. The van der Waals surface area contributed by atoms with Crippen molar-refractivity contribution in [1.82, 2.24) is 4.72 Å². The number of anilines is 1. The molecule has 0 aliphatic carbocycles. The van der Waals surface area contributed by atoms with E-state index in [1.807, 2.05) is 0 Å². The SMILES string of the molecule is CC(C)(C)CCNS(=O)(=O)c1cccc(N)c1. The van der Waals surface area contributed by atoms with E-state index < -0.39 is 10.0 Å². The van der Waals surface area contributed by atoms with Crippen molar-refractivity contribution < 1.29 is 8.42 Å². The van der Waals surface area contributed by atoms with E-state index in [2.05, 4.69) is 25.5 Å². The smallest absolute Gasteiger partial charge is 0.240 e. The summed E-state index contributed by atoms with van der Waals surface area (Å²) in [4.78, 5) is 0.214. The predicted octanol–water partition coefficient (Wildman–Crippen LogP) is 1.98. The first-order valence-electron chi connectivity index (χ1n) is 5.56. The number of nitrogen functional groups attached to an aromatic ring is 1. The summed E-state index contributed by atoms with van der Waals surface area (Å²) in [6, 6.07) is 6.29. The molecule has 4 nitrogen and oxygen atoms in total. The highest BCUT2D eigenvalue weighted by Crippen LogP contribution is 2.18.